The van der Waals surface area contributed by atoms with E-state index in [-0.39, 0.29) is 12.3 Å². The van der Waals surface area contributed by atoms with Crippen molar-refractivity contribution in [1.29, 1.82) is 0 Å². The maximum Gasteiger partial charge on any atom is 0.488 e. The molecule has 0 aliphatic heterocycles. The number of nitrogens with zero attached hydrogens (tertiary/aromatic N) is 3. The second-order valence-electron chi connectivity index (χ2n) is 3.50. The van der Waals surface area contributed by atoms with E-state index >= 15 is 0 Å². The Morgan fingerprint density at radius 3 is 2.61 bits per heavy atom. The van der Waals surface area contributed by atoms with E-state index in [1.807, 2.05) is 0 Å². The SMILES string of the molecule is Cc1c(CN=[N+]=[N-])cc(OS(=O)(=O)F)c(C)c1S. The molecule has 0 atom stereocenters. The Morgan fingerprint density at radius 2 is 2.11 bits per heavy atom. The number of rotatable bonds is 4. The zero-order valence-electron chi connectivity index (χ0n) is 9.58. The van der Waals surface area contributed by atoms with Gasteiger partial charge in [-0.2, -0.15) is 8.42 Å². The van der Waals surface area contributed by atoms with Gasteiger partial charge in [-0.3, -0.25) is 0 Å². The third kappa shape index (κ3) is 3.52. The van der Waals surface area contributed by atoms with Crippen LogP contribution in [0.3, 0.4) is 0 Å². The van der Waals surface area contributed by atoms with Crippen molar-refractivity contribution in [2.24, 2.45) is 5.11 Å². The lowest BCUT2D eigenvalue weighted by molar-refractivity contribution is 0.437. The van der Waals surface area contributed by atoms with Gasteiger partial charge in [0, 0.05) is 15.4 Å². The summed E-state index contributed by atoms with van der Waals surface area (Å²) in [7, 11) is -5.10. The van der Waals surface area contributed by atoms with Crippen LogP contribution in [-0.2, 0) is 17.0 Å². The molecule has 1 aromatic rings. The largest absolute Gasteiger partial charge is 0.488 e. The topological polar surface area (TPSA) is 92.1 Å². The molecule has 0 aliphatic carbocycles. The summed E-state index contributed by atoms with van der Waals surface area (Å²) in [6.45, 7) is 3.28. The summed E-state index contributed by atoms with van der Waals surface area (Å²) in [5.74, 6) is -0.170. The van der Waals surface area contributed by atoms with Gasteiger partial charge in [-0.15, -0.1) is 12.6 Å². The lowest BCUT2D eigenvalue weighted by Gasteiger charge is -2.13. The predicted octanol–water partition coefficient (Wildman–Crippen LogP) is 3.00. The van der Waals surface area contributed by atoms with Crippen LogP contribution in [0.4, 0.5) is 3.89 Å². The van der Waals surface area contributed by atoms with E-state index in [9.17, 15) is 12.3 Å². The smallest absolute Gasteiger partial charge is 0.358 e. The van der Waals surface area contributed by atoms with Gasteiger partial charge >= 0.3 is 10.5 Å². The first-order valence-electron chi connectivity index (χ1n) is 4.73. The number of hydrogen-bond donors (Lipinski definition) is 1. The summed E-state index contributed by atoms with van der Waals surface area (Å²) in [5, 5.41) is 3.36. The van der Waals surface area contributed by atoms with E-state index in [2.05, 4.69) is 26.8 Å². The number of azide groups is 1. The molecule has 0 amide bonds. The molecular weight excluding hydrogens is 281 g/mol. The van der Waals surface area contributed by atoms with Gasteiger partial charge in [0.25, 0.3) is 0 Å². The van der Waals surface area contributed by atoms with Gasteiger partial charge in [-0.1, -0.05) is 9.00 Å². The van der Waals surface area contributed by atoms with Crippen LogP contribution in [0.15, 0.2) is 16.1 Å². The molecule has 0 N–H and O–H groups in total. The molecule has 98 valence electrons. The van der Waals surface area contributed by atoms with Gasteiger partial charge in [0.15, 0.2) is 0 Å². The molecule has 0 aromatic heterocycles. The van der Waals surface area contributed by atoms with E-state index in [4.69, 9.17) is 5.53 Å². The second kappa shape index (κ2) is 5.47. The van der Waals surface area contributed by atoms with Gasteiger partial charge in [0.2, 0.25) is 0 Å². The lowest BCUT2D eigenvalue weighted by atomic mass is 10.0. The van der Waals surface area contributed by atoms with E-state index in [0.29, 0.717) is 21.6 Å². The Bertz CT molecular complexity index is 624. The molecule has 9 heteroatoms. The quantitative estimate of drug-likeness (QED) is 0.304. The summed E-state index contributed by atoms with van der Waals surface area (Å²) < 4.78 is 37.7. The van der Waals surface area contributed by atoms with Crippen LogP contribution in [0, 0.1) is 13.8 Å². The Labute approximate surface area is 109 Å². The highest BCUT2D eigenvalue weighted by Crippen LogP contribution is 2.32. The fraction of sp³-hybridized carbons (Fsp3) is 0.333. The summed E-state index contributed by atoms with van der Waals surface area (Å²) in [6.07, 6.45) is 0. The van der Waals surface area contributed by atoms with Crippen LogP contribution >= 0.6 is 12.6 Å². The fourth-order valence-electron chi connectivity index (χ4n) is 1.39. The molecule has 0 heterocycles. The maximum absolute atomic E-state index is 12.5. The van der Waals surface area contributed by atoms with Crippen LogP contribution in [-0.4, -0.2) is 8.42 Å². The third-order valence-electron chi connectivity index (χ3n) is 2.36. The predicted molar refractivity (Wildman–Crippen MR) is 66.7 cm³/mol. The minimum absolute atomic E-state index is 0.00112. The van der Waals surface area contributed by atoms with Gasteiger partial charge in [0.1, 0.15) is 5.75 Å². The highest BCUT2D eigenvalue weighted by Gasteiger charge is 2.16. The van der Waals surface area contributed by atoms with Crippen molar-refractivity contribution in [3.8, 4) is 5.75 Å². The van der Waals surface area contributed by atoms with Crippen molar-refractivity contribution < 1.29 is 16.5 Å². The Hall–Kier alpha value is -1.44. The van der Waals surface area contributed by atoms with E-state index in [1.54, 1.807) is 13.8 Å². The van der Waals surface area contributed by atoms with Crippen molar-refractivity contribution >= 4 is 23.1 Å². The third-order valence-corrected chi connectivity index (χ3v) is 3.41. The lowest BCUT2D eigenvalue weighted by Crippen LogP contribution is -2.04. The molecule has 0 radical (unpaired) electrons. The van der Waals surface area contributed by atoms with Crippen LogP contribution in [0.2, 0.25) is 0 Å². The average Bonchev–Trinajstić information content (AvgIpc) is 2.27. The molecule has 0 unspecified atom stereocenters. The van der Waals surface area contributed by atoms with Gasteiger partial charge in [0.05, 0.1) is 6.54 Å². The zero-order chi connectivity index (χ0) is 13.9. The van der Waals surface area contributed by atoms with E-state index < -0.39 is 10.5 Å². The van der Waals surface area contributed by atoms with E-state index in [0.717, 1.165) is 0 Å². The average molecular weight is 291 g/mol. The summed E-state index contributed by atoms with van der Waals surface area (Å²) in [6, 6.07) is 1.32. The number of halogens is 1. The first-order valence-corrected chi connectivity index (χ1v) is 6.48. The van der Waals surface area contributed by atoms with Crippen molar-refractivity contribution in [3.05, 3.63) is 33.2 Å². The molecule has 0 saturated carbocycles. The van der Waals surface area contributed by atoms with Crippen LogP contribution in [0.25, 0.3) is 10.4 Å². The van der Waals surface area contributed by atoms with Crippen molar-refractivity contribution in [1.82, 2.24) is 0 Å². The minimum atomic E-state index is -5.10. The highest BCUT2D eigenvalue weighted by molar-refractivity contribution is 7.81. The maximum atomic E-state index is 12.5. The zero-order valence-corrected chi connectivity index (χ0v) is 11.3. The van der Waals surface area contributed by atoms with Gasteiger partial charge < -0.3 is 4.18 Å². The molecular formula is C9H10FN3O3S2. The first-order chi connectivity index (χ1) is 8.26. The van der Waals surface area contributed by atoms with Crippen LogP contribution < -0.4 is 4.18 Å². The number of benzene rings is 1. The van der Waals surface area contributed by atoms with Crippen molar-refractivity contribution in [2.45, 2.75) is 25.3 Å². The molecule has 6 nitrogen and oxygen atoms in total. The summed E-state index contributed by atoms with van der Waals surface area (Å²) >= 11 is 4.19. The summed E-state index contributed by atoms with van der Waals surface area (Å²) in [5.41, 5.74) is 9.87. The Morgan fingerprint density at radius 1 is 1.50 bits per heavy atom. The van der Waals surface area contributed by atoms with Gasteiger partial charge in [-0.05, 0) is 36.6 Å². The summed E-state index contributed by atoms with van der Waals surface area (Å²) in [4.78, 5) is 3.05. The van der Waals surface area contributed by atoms with Crippen LogP contribution in [0.1, 0.15) is 16.7 Å². The first kappa shape index (κ1) is 14.6. The normalized spacial score (nSPS) is 10.9. The molecule has 1 rings (SSSR count). The molecule has 0 bridgehead atoms. The molecule has 18 heavy (non-hydrogen) atoms. The van der Waals surface area contributed by atoms with Crippen molar-refractivity contribution in [2.75, 3.05) is 0 Å². The second-order valence-corrected chi connectivity index (χ2v) is 4.90. The molecule has 0 spiro atoms. The van der Waals surface area contributed by atoms with Gasteiger partial charge in [-0.25, -0.2) is 0 Å². The Kier molecular flexibility index (Phi) is 4.44. The standard InChI is InChI=1S/C9H10FN3O3S2/c1-5-7(4-12-13-11)3-8(6(2)9(5)17)16-18(10,14)15/h3,17H,4H2,1-2H3. The van der Waals surface area contributed by atoms with E-state index in [1.165, 1.54) is 6.07 Å². The van der Waals surface area contributed by atoms with Crippen LogP contribution in [0.5, 0.6) is 5.75 Å². The van der Waals surface area contributed by atoms with Crippen molar-refractivity contribution in [3.63, 3.8) is 0 Å². The molecule has 0 fully saturated rings. The number of hydrogen-bond acceptors (Lipinski definition) is 5. The Balaban J connectivity index is 3.35. The highest BCUT2D eigenvalue weighted by atomic mass is 32.3. The number of thiol groups is 1. The fourth-order valence-corrected chi connectivity index (χ4v) is 2.03. The molecule has 0 saturated heterocycles. The molecule has 0 aliphatic rings. The monoisotopic (exact) mass is 291 g/mol. The molecule has 1 aromatic carbocycles. The minimum Gasteiger partial charge on any atom is -0.358 e.